The molecule has 0 saturated carbocycles. The number of nitrogens with zero attached hydrogens (tertiary/aromatic N) is 2. The third kappa shape index (κ3) is 4.28. The lowest BCUT2D eigenvalue weighted by Crippen LogP contribution is -2.35. The Labute approximate surface area is 165 Å². The van der Waals surface area contributed by atoms with Crippen LogP contribution in [0, 0.1) is 10.1 Å². The number of methoxy groups -OCH3 is 1. The van der Waals surface area contributed by atoms with Crippen molar-refractivity contribution in [1.29, 1.82) is 0 Å². The van der Waals surface area contributed by atoms with Gasteiger partial charge in [-0.15, -0.1) is 0 Å². The van der Waals surface area contributed by atoms with Crippen LogP contribution in [0.2, 0.25) is 0 Å². The van der Waals surface area contributed by atoms with Crippen molar-refractivity contribution in [2.45, 2.75) is 12.8 Å². The van der Waals surface area contributed by atoms with Crippen LogP contribution in [0.15, 0.2) is 40.9 Å². The first kappa shape index (κ1) is 19.3. The number of hydrogen-bond acceptors (Lipinski definition) is 5. The Bertz CT molecular complexity index is 872. The average molecular weight is 434 g/mol. The van der Waals surface area contributed by atoms with E-state index < -0.39 is 4.92 Å². The SMILES string of the molecule is COCCNc1ccc(C(=O)N2CCCc3cc(Br)ccc32)cc1[N+](=O)[O-]. The first-order valence-corrected chi connectivity index (χ1v) is 9.42. The van der Waals surface area contributed by atoms with Crippen molar-refractivity contribution in [2.75, 3.05) is 37.0 Å². The van der Waals surface area contributed by atoms with Crippen LogP contribution in [-0.4, -0.2) is 37.6 Å². The molecule has 27 heavy (non-hydrogen) atoms. The molecule has 1 N–H and O–H groups in total. The van der Waals surface area contributed by atoms with Gasteiger partial charge < -0.3 is 15.0 Å². The van der Waals surface area contributed by atoms with Gasteiger partial charge in [-0.3, -0.25) is 14.9 Å². The van der Waals surface area contributed by atoms with Gasteiger partial charge in [-0.25, -0.2) is 0 Å². The molecule has 3 rings (SSSR count). The smallest absolute Gasteiger partial charge is 0.293 e. The zero-order valence-corrected chi connectivity index (χ0v) is 16.5. The summed E-state index contributed by atoms with van der Waals surface area (Å²) in [7, 11) is 1.56. The molecule has 2 aromatic carbocycles. The van der Waals surface area contributed by atoms with E-state index in [1.54, 1.807) is 24.1 Å². The predicted molar refractivity (Wildman–Crippen MR) is 108 cm³/mol. The number of aryl methyl sites for hydroxylation is 1. The second-order valence-electron chi connectivity index (χ2n) is 6.24. The number of fused-ring (bicyclic) bond motifs is 1. The highest BCUT2D eigenvalue weighted by Gasteiger charge is 2.26. The number of nitro groups is 1. The number of anilines is 2. The van der Waals surface area contributed by atoms with E-state index in [1.165, 1.54) is 6.07 Å². The number of ether oxygens (including phenoxy) is 1. The lowest BCUT2D eigenvalue weighted by molar-refractivity contribution is -0.384. The number of nitro benzene ring substituents is 1. The van der Waals surface area contributed by atoms with Crippen molar-refractivity contribution < 1.29 is 14.5 Å². The molecule has 0 aromatic heterocycles. The second kappa shape index (κ2) is 8.49. The number of halogens is 1. The van der Waals surface area contributed by atoms with E-state index in [0.717, 1.165) is 28.6 Å². The molecule has 0 spiro atoms. The van der Waals surface area contributed by atoms with E-state index in [2.05, 4.69) is 21.2 Å². The van der Waals surface area contributed by atoms with Crippen molar-refractivity contribution in [1.82, 2.24) is 0 Å². The van der Waals surface area contributed by atoms with Gasteiger partial charge in [0.25, 0.3) is 11.6 Å². The van der Waals surface area contributed by atoms with Gasteiger partial charge in [0.1, 0.15) is 5.69 Å². The maximum absolute atomic E-state index is 13.0. The van der Waals surface area contributed by atoms with Crippen molar-refractivity contribution >= 4 is 38.9 Å². The molecule has 1 aliphatic heterocycles. The van der Waals surface area contributed by atoms with Crippen LogP contribution in [0.5, 0.6) is 0 Å². The van der Waals surface area contributed by atoms with Gasteiger partial charge in [0.05, 0.1) is 11.5 Å². The van der Waals surface area contributed by atoms with Crippen LogP contribution in [-0.2, 0) is 11.2 Å². The van der Waals surface area contributed by atoms with E-state index >= 15 is 0 Å². The molecule has 0 saturated heterocycles. The molecular weight excluding hydrogens is 414 g/mol. The minimum Gasteiger partial charge on any atom is -0.383 e. The Hall–Kier alpha value is -2.45. The summed E-state index contributed by atoms with van der Waals surface area (Å²) in [5.41, 5.74) is 2.51. The van der Waals surface area contributed by atoms with Crippen LogP contribution < -0.4 is 10.2 Å². The maximum atomic E-state index is 13.0. The number of amides is 1. The Morgan fingerprint density at radius 2 is 2.15 bits per heavy atom. The summed E-state index contributed by atoms with van der Waals surface area (Å²) in [5, 5.41) is 14.4. The van der Waals surface area contributed by atoms with Crippen molar-refractivity contribution in [3.8, 4) is 0 Å². The van der Waals surface area contributed by atoms with Crippen LogP contribution >= 0.6 is 15.9 Å². The van der Waals surface area contributed by atoms with Gasteiger partial charge >= 0.3 is 0 Å². The molecule has 8 heteroatoms. The fourth-order valence-corrected chi connectivity index (χ4v) is 3.59. The molecule has 7 nitrogen and oxygen atoms in total. The molecule has 0 radical (unpaired) electrons. The zero-order valence-electron chi connectivity index (χ0n) is 14.9. The van der Waals surface area contributed by atoms with Crippen molar-refractivity contribution in [3.63, 3.8) is 0 Å². The molecule has 142 valence electrons. The largest absolute Gasteiger partial charge is 0.383 e. The fraction of sp³-hybridized carbons (Fsp3) is 0.316. The topological polar surface area (TPSA) is 84.7 Å². The number of nitrogens with one attached hydrogen (secondary N) is 1. The van der Waals surface area contributed by atoms with Gasteiger partial charge in [0.15, 0.2) is 0 Å². The number of rotatable bonds is 6. The Morgan fingerprint density at radius 1 is 1.33 bits per heavy atom. The molecule has 0 unspecified atom stereocenters. The normalized spacial score (nSPS) is 13.2. The van der Waals surface area contributed by atoms with Crippen LogP contribution in [0.4, 0.5) is 17.1 Å². The summed E-state index contributed by atoms with van der Waals surface area (Å²) in [6.45, 7) is 1.46. The van der Waals surface area contributed by atoms with Gasteiger partial charge in [0.2, 0.25) is 0 Å². The summed E-state index contributed by atoms with van der Waals surface area (Å²) < 4.78 is 5.92. The van der Waals surface area contributed by atoms with Crippen LogP contribution in [0.1, 0.15) is 22.3 Å². The molecular formula is C19H20BrN3O4. The number of benzene rings is 2. The molecule has 0 bridgehead atoms. The van der Waals surface area contributed by atoms with E-state index in [9.17, 15) is 14.9 Å². The molecule has 0 atom stereocenters. The molecule has 0 aliphatic carbocycles. The maximum Gasteiger partial charge on any atom is 0.293 e. The van der Waals surface area contributed by atoms with E-state index in [1.807, 2.05) is 18.2 Å². The van der Waals surface area contributed by atoms with E-state index in [0.29, 0.717) is 30.9 Å². The Kier molecular flexibility index (Phi) is 6.08. The minimum absolute atomic E-state index is 0.120. The lowest BCUT2D eigenvalue weighted by atomic mass is 10.0. The zero-order chi connectivity index (χ0) is 19.4. The average Bonchev–Trinajstić information content (AvgIpc) is 2.67. The molecule has 1 heterocycles. The number of hydrogen-bond donors (Lipinski definition) is 1. The lowest BCUT2D eigenvalue weighted by Gasteiger charge is -2.29. The molecule has 0 fully saturated rings. The summed E-state index contributed by atoms with van der Waals surface area (Å²) >= 11 is 3.46. The molecule has 2 aromatic rings. The predicted octanol–water partition coefficient (Wildman–Crippen LogP) is 4.01. The van der Waals surface area contributed by atoms with Gasteiger partial charge in [-0.1, -0.05) is 15.9 Å². The first-order chi connectivity index (χ1) is 13.0. The summed E-state index contributed by atoms with van der Waals surface area (Å²) in [5.74, 6) is -0.232. The summed E-state index contributed by atoms with van der Waals surface area (Å²) in [6, 6.07) is 10.4. The minimum atomic E-state index is -0.479. The highest BCUT2D eigenvalue weighted by atomic mass is 79.9. The summed E-state index contributed by atoms with van der Waals surface area (Å²) in [4.78, 5) is 25.7. The fourth-order valence-electron chi connectivity index (χ4n) is 3.19. The van der Waals surface area contributed by atoms with Gasteiger partial charge in [-0.2, -0.15) is 0 Å². The third-order valence-electron chi connectivity index (χ3n) is 4.47. The third-order valence-corrected chi connectivity index (χ3v) is 4.96. The Morgan fingerprint density at radius 3 is 2.89 bits per heavy atom. The monoisotopic (exact) mass is 433 g/mol. The van der Waals surface area contributed by atoms with E-state index in [-0.39, 0.29) is 11.6 Å². The molecule has 1 amide bonds. The molecule has 1 aliphatic rings. The van der Waals surface area contributed by atoms with Gasteiger partial charge in [-0.05, 0) is 48.7 Å². The second-order valence-corrected chi connectivity index (χ2v) is 7.16. The highest BCUT2D eigenvalue weighted by Crippen LogP contribution is 2.32. The number of carbonyl (C=O) groups is 1. The van der Waals surface area contributed by atoms with Crippen molar-refractivity contribution in [3.05, 3.63) is 62.1 Å². The summed E-state index contributed by atoms with van der Waals surface area (Å²) in [6.07, 6.45) is 1.76. The standard InChI is InChI=1S/C19H20BrN3O4/c1-27-10-8-21-16-6-4-14(12-18(16)23(25)26)19(24)22-9-2-3-13-11-15(20)5-7-17(13)22/h4-7,11-12,21H,2-3,8-10H2,1H3. The van der Waals surface area contributed by atoms with Crippen LogP contribution in [0.3, 0.4) is 0 Å². The quantitative estimate of drug-likeness (QED) is 0.422. The first-order valence-electron chi connectivity index (χ1n) is 8.63. The van der Waals surface area contributed by atoms with E-state index in [4.69, 9.17) is 4.74 Å². The number of carbonyl (C=O) groups excluding carboxylic acids is 1. The van der Waals surface area contributed by atoms with Gasteiger partial charge in [0, 0.05) is 42.0 Å². The van der Waals surface area contributed by atoms with Crippen LogP contribution in [0.25, 0.3) is 0 Å². The Balaban J connectivity index is 1.89. The highest BCUT2D eigenvalue weighted by molar-refractivity contribution is 9.10. The van der Waals surface area contributed by atoms with Crippen molar-refractivity contribution in [2.24, 2.45) is 0 Å².